The maximum absolute atomic E-state index is 13.3. The summed E-state index contributed by atoms with van der Waals surface area (Å²) in [5.41, 5.74) is 5.39. The molecular formula is C13H16FN3O3. The van der Waals surface area contributed by atoms with E-state index >= 15 is 0 Å². The lowest BCUT2D eigenvalue weighted by molar-refractivity contribution is 0.0692. The van der Waals surface area contributed by atoms with Gasteiger partial charge in [-0.2, -0.15) is 0 Å². The van der Waals surface area contributed by atoms with Gasteiger partial charge in [0.2, 0.25) is 0 Å². The highest BCUT2D eigenvalue weighted by Crippen LogP contribution is 2.19. The van der Waals surface area contributed by atoms with Crippen LogP contribution in [-0.4, -0.2) is 41.1 Å². The lowest BCUT2D eigenvalue weighted by atomic mass is 10.0. The van der Waals surface area contributed by atoms with Crippen molar-refractivity contribution in [3.05, 3.63) is 29.6 Å². The molecule has 0 aromatic heterocycles. The molecule has 2 rings (SSSR count). The van der Waals surface area contributed by atoms with E-state index < -0.39 is 17.8 Å². The number of aromatic carboxylic acids is 1. The van der Waals surface area contributed by atoms with E-state index in [9.17, 15) is 14.0 Å². The fraction of sp³-hybridized carbons (Fsp3) is 0.385. The molecule has 1 aromatic carbocycles. The van der Waals surface area contributed by atoms with E-state index in [0.29, 0.717) is 31.6 Å². The zero-order chi connectivity index (χ0) is 14.7. The first-order chi connectivity index (χ1) is 9.47. The maximum atomic E-state index is 13.3. The number of likely N-dealkylation sites (tertiary alicyclic amines) is 1. The van der Waals surface area contributed by atoms with Crippen molar-refractivity contribution < 1.29 is 19.1 Å². The Kier molecular flexibility index (Phi) is 4.07. The van der Waals surface area contributed by atoms with Crippen LogP contribution in [0.2, 0.25) is 0 Å². The summed E-state index contributed by atoms with van der Waals surface area (Å²) < 4.78 is 13.3. The third-order valence-corrected chi connectivity index (χ3v) is 3.37. The van der Waals surface area contributed by atoms with Gasteiger partial charge in [-0.25, -0.2) is 14.0 Å². The van der Waals surface area contributed by atoms with E-state index in [4.69, 9.17) is 10.8 Å². The van der Waals surface area contributed by atoms with Crippen molar-refractivity contribution in [1.29, 1.82) is 0 Å². The van der Waals surface area contributed by atoms with Gasteiger partial charge in [0, 0.05) is 24.8 Å². The van der Waals surface area contributed by atoms with E-state index in [-0.39, 0.29) is 11.6 Å². The van der Waals surface area contributed by atoms with Gasteiger partial charge >= 0.3 is 12.0 Å². The molecule has 1 fully saturated rings. The number of nitrogens with two attached hydrogens (primary N) is 1. The van der Waals surface area contributed by atoms with Gasteiger partial charge in [0.15, 0.2) is 0 Å². The van der Waals surface area contributed by atoms with Crippen LogP contribution in [0.25, 0.3) is 0 Å². The van der Waals surface area contributed by atoms with Crippen LogP contribution in [-0.2, 0) is 0 Å². The molecule has 6 nitrogen and oxygen atoms in total. The van der Waals surface area contributed by atoms with Crippen molar-refractivity contribution in [2.75, 3.05) is 18.4 Å². The number of benzene rings is 1. The van der Waals surface area contributed by atoms with Crippen molar-refractivity contribution in [3.63, 3.8) is 0 Å². The van der Waals surface area contributed by atoms with E-state index in [1.165, 1.54) is 12.1 Å². The molecule has 1 aliphatic heterocycles. The van der Waals surface area contributed by atoms with Crippen LogP contribution in [0.15, 0.2) is 18.2 Å². The Balaban J connectivity index is 1.99. The molecule has 1 aliphatic rings. The quantitative estimate of drug-likeness (QED) is 0.782. The number of carbonyl (C=O) groups is 2. The van der Waals surface area contributed by atoms with Gasteiger partial charge in [0.1, 0.15) is 5.82 Å². The van der Waals surface area contributed by atoms with Gasteiger partial charge < -0.3 is 21.1 Å². The molecule has 2 amide bonds. The second-order valence-electron chi connectivity index (χ2n) is 4.74. The highest BCUT2D eigenvalue weighted by molar-refractivity contribution is 5.89. The SMILES string of the molecule is NC(=O)N1CCC(Nc2ccc(F)c(C(=O)O)c2)CC1. The predicted octanol–water partition coefficient (Wildman–Crippen LogP) is 1.48. The number of hydrogen-bond acceptors (Lipinski definition) is 3. The number of rotatable bonds is 3. The van der Waals surface area contributed by atoms with Crippen molar-refractivity contribution >= 4 is 17.7 Å². The highest BCUT2D eigenvalue weighted by atomic mass is 19.1. The average molecular weight is 281 g/mol. The molecule has 0 saturated carbocycles. The third kappa shape index (κ3) is 3.17. The first-order valence-corrected chi connectivity index (χ1v) is 6.31. The first kappa shape index (κ1) is 14.1. The van der Waals surface area contributed by atoms with Crippen LogP contribution < -0.4 is 11.1 Å². The number of primary amides is 1. The van der Waals surface area contributed by atoms with Crippen molar-refractivity contribution in [2.45, 2.75) is 18.9 Å². The summed E-state index contributed by atoms with van der Waals surface area (Å²) in [4.78, 5) is 23.4. The Hall–Kier alpha value is -2.31. The van der Waals surface area contributed by atoms with Crippen molar-refractivity contribution in [1.82, 2.24) is 4.90 Å². The van der Waals surface area contributed by atoms with Crippen LogP contribution in [0.3, 0.4) is 0 Å². The zero-order valence-corrected chi connectivity index (χ0v) is 10.8. The fourth-order valence-corrected chi connectivity index (χ4v) is 2.26. The Bertz CT molecular complexity index is 528. The Morgan fingerprint density at radius 1 is 1.35 bits per heavy atom. The molecule has 1 heterocycles. The fourth-order valence-electron chi connectivity index (χ4n) is 2.26. The van der Waals surface area contributed by atoms with Crippen LogP contribution in [0.4, 0.5) is 14.9 Å². The van der Waals surface area contributed by atoms with Gasteiger partial charge in [-0.3, -0.25) is 0 Å². The molecule has 0 unspecified atom stereocenters. The molecule has 20 heavy (non-hydrogen) atoms. The number of halogens is 1. The minimum absolute atomic E-state index is 0.109. The molecule has 4 N–H and O–H groups in total. The predicted molar refractivity (Wildman–Crippen MR) is 71.2 cm³/mol. The standard InChI is InChI=1S/C13H16FN3O3/c14-11-2-1-9(7-10(11)12(18)19)16-8-3-5-17(6-4-8)13(15)20/h1-2,7-8,16H,3-6H2,(H2,15,20)(H,18,19). The topological polar surface area (TPSA) is 95.7 Å². The Morgan fingerprint density at radius 3 is 2.55 bits per heavy atom. The van der Waals surface area contributed by atoms with E-state index in [2.05, 4.69) is 5.32 Å². The van der Waals surface area contributed by atoms with Gasteiger partial charge in [-0.15, -0.1) is 0 Å². The molecule has 0 bridgehead atoms. The van der Waals surface area contributed by atoms with Gasteiger partial charge in [-0.1, -0.05) is 0 Å². The monoisotopic (exact) mass is 281 g/mol. The lowest BCUT2D eigenvalue weighted by Gasteiger charge is -2.31. The maximum Gasteiger partial charge on any atom is 0.338 e. The molecule has 1 aromatic rings. The highest BCUT2D eigenvalue weighted by Gasteiger charge is 2.21. The molecule has 0 atom stereocenters. The summed E-state index contributed by atoms with van der Waals surface area (Å²) in [5, 5.41) is 12.0. The molecular weight excluding hydrogens is 265 g/mol. The molecule has 1 saturated heterocycles. The molecule has 0 radical (unpaired) electrons. The Morgan fingerprint density at radius 2 is 2.00 bits per heavy atom. The lowest BCUT2D eigenvalue weighted by Crippen LogP contribution is -2.44. The summed E-state index contributed by atoms with van der Waals surface area (Å²) in [6.45, 7) is 1.11. The number of carboxylic acid groups (broad SMARTS) is 1. The summed E-state index contributed by atoms with van der Waals surface area (Å²) >= 11 is 0. The summed E-state index contributed by atoms with van der Waals surface area (Å²) in [7, 11) is 0. The first-order valence-electron chi connectivity index (χ1n) is 6.31. The average Bonchev–Trinajstić information content (AvgIpc) is 2.41. The van der Waals surface area contributed by atoms with Crippen LogP contribution in [0, 0.1) is 5.82 Å². The number of carbonyl (C=O) groups excluding carboxylic acids is 1. The van der Waals surface area contributed by atoms with Crippen molar-refractivity contribution in [2.24, 2.45) is 5.73 Å². The number of piperidine rings is 1. The van der Waals surface area contributed by atoms with E-state index in [0.717, 1.165) is 6.07 Å². The number of carboxylic acids is 1. The zero-order valence-electron chi connectivity index (χ0n) is 10.8. The van der Waals surface area contributed by atoms with E-state index in [1.54, 1.807) is 4.90 Å². The minimum atomic E-state index is -1.30. The number of urea groups is 1. The molecule has 0 aliphatic carbocycles. The number of anilines is 1. The number of nitrogens with zero attached hydrogens (tertiary/aromatic N) is 1. The van der Waals surface area contributed by atoms with Crippen LogP contribution >= 0.6 is 0 Å². The second kappa shape index (κ2) is 5.77. The van der Waals surface area contributed by atoms with Gasteiger partial charge in [-0.05, 0) is 31.0 Å². The van der Waals surface area contributed by atoms with Gasteiger partial charge in [0.05, 0.1) is 5.56 Å². The second-order valence-corrected chi connectivity index (χ2v) is 4.74. The smallest absolute Gasteiger partial charge is 0.338 e. The molecule has 7 heteroatoms. The third-order valence-electron chi connectivity index (χ3n) is 3.37. The minimum Gasteiger partial charge on any atom is -0.478 e. The summed E-state index contributed by atoms with van der Waals surface area (Å²) in [6.07, 6.45) is 1.42. The van der Waals surface area contributed by atoms with Crippen molar-refractivity contribution in [3.8, 4) is 0 Å². The van der Waals surface area contributed by atoms with Crippen LogP contribution in [0.1, 0.15) is 23.2 Å². The molecule has 108 valence electrons. The number of hydrogen-bond donors (Lipinski definition) is 3. The number of nitrogens with one attached hydrogen (secondary N) is 1. The van der Waals surface area contributed by atoms with Crippen LogP contribution in [0.5, 0.6) is 0 Å². The largest absolute Gasteiger partial charge is 0.478 e. The summed E-state index contributed by atoms with van der Waals surface area (Å²) in [5.74, 6) is -2.05. The Labute approximate surface area is 115 Å². The molecule has 0 spiro atoms. The normalized spacial score (nSPS) is 15.9. The summed E-state index contributed by atoms with van der Waals surface area (Å²) in [6, 6.07) is 3.58. The van der Waals surface area contributed by atoms with E-state index in [1.807, 2.05) is 0 Å². The van der Waals surface area contributed by atoms with Gasteiger partial charge in [0.25, 0.3) is 0 Å². The number of amides is 2.